The SMILES string of the molecule is CCCCOCc1cc(NC(=O)C2CCCCC2C(=O)O)ccc1-c1cccc(OCC)c1C. The molecule has 184 valence electrons. The van der Waals surface area contributed by atoms with E-state index in [1.165, 1.54) is 0 Å². The first-order chi connectivity index (χ1) is 16.5. The van der Waals surface area contributed by atoms with Crippen molar-refractivity contribution in [1.82, 2.24) is 0 Å². The van der Waals surface area contributed by atoms with Crippen LogP contribution in [0.4, 0.5) is 5.69 Å². The minimum Gasteiger partial charge on any atom is -0.494 e. The Morgan fingerprint density at radius 2 is 1.82 bits per heavy atom. The third-order valence-electron chi connectivity index (χ3n) is 6.57. The summed E-state index contributed by atoms with van der Waals surface area (Å²) in [6.07, 6.45) is 4.95. The highest BCUT2D eigenvalue weighted by atomic mass is 16.5. The zero-order valence-corrected chi connectivity index (χ0v) is 20.6. The van der Waals surface area contributed by atoms with Gasteiger partial charge in [-0.15, -0.1) is 0 Å². The minimum atomic E-state index is -0.884. The molecule has 0 aromatic heterocycles. The second kappa shape index (κ2) is 12.6. The van der Waals surface area contributed by atoms with Crippen molar-refractivity contribution < 1.29 is 24.2 Å². The van der Waals surface area contributed by atoms with Gasteiger partial charge in [-0.25, -0.2) is 0 Å². The fraction of sp³-hybridized carbons (Fsp3) is 0.500. The molecule has 34 heavy (non-hydrogen) atoms. The van der Waals surface area contributed by atoms with Crippen molar-refractivity contribution in [2.75, 3.05) is 18.5 Å². The fourth-order valence-electron chi connectivity index (χ4n) is 4.68. The van der Waals surface area contributed by atoms with Crippen molar-refractivity contribution in [3.63, 3.8) is 0 Å². The summed E-state index contributed by atoms with van der Waals surface area (Å²) in [5.74, 6) is -1.36. The molecule has 1 aliphatic rings. The number of carboxylic acids is 1. The smallest absolute Gasteiger partial charge is 0.307 e. The molecule has 3 rings (SSSR count). The first-order valence-corrected chi connectivity index (χ1v) is 12.4. The number of carbonyl (C=O) groups is 2. The summed E-state index contributed by atoms with van der Waals surface area (Å²) in [4.78, 5) is 24.6. The van der Waals surface area contributed by atoms with Crippen LogP contribution in [0.5, 0.6) is 5.75 Å². The molecule has 1 fully saturated rings. The lowest BCUT2D eigenvalue weighted by Gasteiger charge is -2.27. The zero-order valence-electron chi connectivity index (χ0n) is 20.6. The number of amides is 1. The lowest BCUT2D eigenvalue weighted by molar-refractivity contribution is -0.147. The van der Waals surface area contributed by atoms with Crippen LogP contribution < -0.4 is 10.1 Å². The number of anilines is 1. The summed E-state index contributed by atoms with van der Waals surface area (Å²) in [5.41, 5.74) is 4.80. The van der Waals surface area contributed by atoms with E-state index in [9.17, 15) is 14.7 Å². The number of hydrogen-bond donors (Lipinski definition) is 2. The number of hydrogen-bond acceptors (Lipinski definition) is 4. The topological polar surface area (TPSA) is 84.9 Å². The molecular weight excluding hydrogens is 430 g/mol. The van der Waals surface area contributed by atoms with Crippen LogP contribution in [0.2, 0.25) is 0 Å². The maximum absolute atomic E-state index is 13.0. The minimum absolute atomic E-state index is 0.216. The summed E-state index contributed by atoms with van der Waals surface area (Å²) in [5, 5.41) is 12.5. The molecule has 0 bridgehead atoms. The summed E-state index contributed by atoms with van der Waals surface area (Å²) in [7, 11) is 0. The Labute approximate surface area is 202 Å². The summed E-state index contributed by atoms with van der Waals surface area (Å²) < 4.78 is 11.7. The van der Waals surface area contributed by atoms with E-state index >= 15 is 0 Å². The molecule has 0 radical (unpaired) electrons. The van der Waals surface area contributed by atoms with Gasteiger partial charge in [0.05, 0.1) is 25.0 Å². The Balaban J connectivity index is 1.88. The van der Waals surface area contributed by atoms with Crippen molar-refractivity contribution in [2.24, 2.45) is 11.8 Å². The highest BCUT2D eigenvalue weighted by Crippen LogP contribution is 2.35. The maximum atomic E-state index is 13.0. The van der Waals surface area contributed by atoms with Gasteiger partial charge in [-0.2, -0.15) is 0 Å². The molecule has 6 heteroatoms. The van der Waals surface area contributed by atoms with E-state index in [1.54, 1.807) is 0 Å². The molecule has 0 aliphatic heterocycles. The highest BCUT2D eigenvalue weighted by molar-refractivity contribution is 5.95. The zero-order chi connectivity index (χ0) is 24.5. The average molecular weight is 468 g/mol. The van der Waals surface area contributed by atoms with Crippen LogP contribution in [-0.4, -0.2) is 30.2 Å². The van der Waals surface area contributed by atoms with Gasteiger partial charge in [0.15, 0.2) is 0 Å². The van der Waals surface area contributed by atoms with E-state index in [0.29, 0.717) is 38.3 Å². The Morgan fingerprint density at radius 1 is 1.06 bits per heavy atom. The quantitative estimate of drug-likeness (QED) is 0.384. The number of unbranched alkanes of at least 4 members (excludes halogenated alkanes) is 1. The van der Waals surface area contributed by atoms with Gasteiger partial charge < -0.3 is 19.9 Å². The van der Waals surface area contributed by atoms with Crippen LogP contribution in [0, 0.1) is 18.8 Å². The molecule has 1 amide bonds. The first-order valence-electron chi connectivity index (χ1n) is 12.4. The number of nitrogens with one attached hydrogen (secondary N) is 1. The lowest BCUT2D eigenvalue weighted by atomic mass is 9.78. The molecule has 0 spiro atoms. The van der Waals surface area contributed by atoms with Crippen LogP contribution in [0.15, 0.2) is 36.4 Å². The van der Waals surface area contributed by atoms with Crippen molar-refractivity contribution in [2.45, 2.75) is 65.9 Å². The number of aliphatic carboxylic acids is 1. The van der Waals surface area contributed by atoms with Gasteiger partial charge in [-0.05, 0) is 73.6 Å². The predicted molar refractivity (Wildman–Crippen MR) is 134 cm³/mol. The van der Waals surface area contributed by atoms with Crippen molar-refractivity contribution in [1.29, 1.82) is 0 Å². The number of benzene rings is 2. The molecule has 1 saturated carbocycles. The van der Waals surface area contributed by atoms with E-state index in [2.05, 4.69) is 18.3 Å². The van der Waals surface area contributed by atoms with E-state index in [0.717, 1.165) is 53.7 Å². The molecule has 0 heterocycles. The van der Waals surface area contributed by atoms with Crippen molar-refractivity contribution in [3.05, 3.63) is 47.5 Å². The lowest BCUT2D eigenvalue weighted by Crippen LogP contribution is -2.36. The normalized spacial score (nSPS) is 17.9. The Morgan fingerprint density at radius 3 is 2.53 bits per heavy atom. The third-order valence-corrected chi connectivity index (χ3v) is 6.57. The fourth-order valence-corrected chi connectivity index (χ4v) is 4.68. The van der Waals surface area contributed by atoms with Gasteiger partial charge in [0, 0.05) is 12.3 Å². The first kappa shape index (κ1) is 25.8. The largest absolute Gasteiger partial charge is 0.494 e. The van der Waals surface area contributed by atoms with Gasteiger partial charge in [-0.1, -0.05) is 44.4 Å². The Kier molecular flexibility index (Phi) is 9.52. The van der Waals surface area contributed by atoms with E-state index < -0.39 is 17.8 Å². The molecule has 1 aliphatic carbocycles. The van der Waals surface area contributed by atoms with Gasteiger partial charge >= 0.3 is 5.97 Å². The Bertz CT molecular complexity index is 987. The van der Waals surface area contributed by atoms with Gasteiger partial charge in [-0.3, -0.25) is 9.59 Å². The van der Waals surface area contributed by atoms with E-state index in [-0.39, 0.29) is 5.91 Å². The van der Waals surface area contributed by atoms with Crippen LogP contribution >= 0.6 is 0 Å². The van der Waals surface area contributed by atoms with Gasteiger partial charge in [0.25, 0.3) is 0 Å². The molecule has 2 atom stereocenters. The van der Waals surface area contributed by atoms with E-state index in [1.807, 2.05) is 44.2 Å². The second-order valence-corrected chi connectivity index (χ2v) is 8.96. The van der Waals surface area contributed by atoms with Crippen molar-refractivity contribution in [3.8, 4) is 16.9 Å². The van der Waals surface area contributed by atoms with Gasteiger partial charge in [0.1, 0.15) is 5.75 Å². The second-order valence-electron chi connectivity index (χ2n) is 8.96. The molecular formula is C28H37NO5. The monoisotopic (exact) mass is 467 g/mol. The predicted octanol–water partition coefficient (Wildman–Crippen LogP) is 6.21. The summed E-state index contributed by atoms with van der Waals surface area (Å²) in [6, 6.07) is 11.9. The molecule has 6 nitrogen and oxygen atoms in total. The van der Waals surface area contributed by atoms with Crippen LogP contribution in [-0.2, 0) is 20.9 Å². The highest BCUT2D eigenvalue weighted by Gasteiger charge is 2.35. The van der Waals surface area contributed by atoms with Gasteiger partial charge in [0.2, 0.25) is 5.91 Å². The molecule has 2 aromatic rings. The average Bonchev–Trinajstić information content (AvgIpc) is 2.83. The van der Waals surface area contributed by atoms with Crippen LogP contribution in [0.3, 0.4) is 0 Å². The number of carbonyl (C=O) groups excluding carboxylic acids is 1. The Hall–Kier alpha value is -2.86. The molecule has 2 N–H and O–H groups in total. The van der Waals surface area contributed by atoms with E-state index in [4.69, 9.17) is 9.47 Å². The third kappa shape index (κ3) is 6.38. The maximum Gasteiger partial charge on any atom is 0.307 e. The standard InChI is InChI=1S/C28H37NO5/c1-4-6-16-33-18-20-17-21(29-27(30)24-10-7-8-11-25(24)28(31)32)14-15-23(20)22-12-9-13-26(19(22)3)34-5-2/h9,12-15,17,24-25H,4-8,10-11,16,18H2,1-3H3,(H,29,30)(H,31,32). The molecule has 2 unspecified atom stereocenters. The number of carboxylic acid groups (broad SMARTS) is 1. The van der Waals surface area contributed by atoms with Crippen LogP contribution in [0.25, 0.3) is 11.1 Å². The molecule has 0 saturated heterocycles. The summed E-state index contributed by atoms with van der Waals surface area (Å²) >= 11 is 0. The molecule has 2 aromatic carbocycles. The van der Waals surface area contributed by atoms with Crippen LogP contribution in [0.1, 0.15) is 63.5 Å². The number of rotatable bonds is 11. The number of ether oxygens (including phenoxy) is 2. The van der Waals surface area contributed by atoms with Crippen molar-refractivity contribution >= 4 is 17.6 Å². The summed E-state index contributed by atoms with van der Waals surface area (Å²) in [6.45, 7) is 7.85.